The lowest BCUT2D eigenvalue weighted by molar-refractivity contribution is -0.386. The number of carbonyl (C=O) groups excluding carboxylic acids is 1. The van der Waals surface area contributed by atoms with Crippen molar-refractivity contribution in [2.45, 2.75) is 33.3 Å². The molecule has 0 aliphatic rings. The highest BCUT2D eigenvalue weighted by Gasteiger charge is 2.25. The van der Waals surface area contributed by atoms with Gasteiger partial charge >= 0.3 is 11.7 Å². The molecule has 34 heavy (non-hydrogen) atoms. The number of nitro groups is 1. The molecule has 0 aliphatic heterocycles. The number of ether oxygens (including phenoxy) is 2. The van der Waals surface area contributed by atoms with Crippen LogP contribution in [0.5, 0.6) is 5.75 Å². The summed E-state index contributed by atoms with van der Waals surface area (Å²) in [4.78, 5) is 40.5. The molecule has 3 aromatic rings. The Bertz CT molecular complexity index is 1360. The number of rotatable bonds is 8. The van der Waals surface area contributed by atoms with Crippen molar-refractivity contribution in [1.82, 2.24) is 9.66 Å². The summed E-state index contributed by atoms with van der Waals surface area (Å²) in [7, 11) is 0. The van der Waals surface area contributed by atoms with Crippen LogP contribution in [0.2, 0.25) is 0 Å². The van der Waals surface area contributed by atoms with E-state index in [0.717, 1.165) is 4.47 Å². The number of nitrogens with zero attached hydrogens (tertiary/aromatic N) is 4. The van der Waals surface area contributed by atoms with Crippen molar-refractivity contribution in [3.63, 3.8) is 0 Å². The summed E-state index contributed by atoms with van der Waals surface area (Å²) in [5.41, 5.74) is 0.136. The molecule has 0 saturated heterocycles. The van der Waals surface area contributed by atoms with E-state index >= 15 is 0 Å². The second kappa shape index (κ2) is 10.9. The maximum Gasteiger partial charge on any atom is 0.347 e. The smallest absolute Gasteiger partial charge is 0.347 e. The molecule has 0 spiro atoms. The Morgan fingerprint density at radius 1 is 1.29 bits per heavy atom. The first-order chi connectivity index (χ1) is 16.2. The number of hydrogen-bond acceptors (Lipinski definition) is 8. The van der Waals surface area contributed by atoms with Gasteiger partial charge in [-0.1, -0.05) is 22.9 Å². The summed E-state index contributed by atoms with van der Waals surface area (Å²) >= 11 is 6.61. The molecule has 10 nitrogen and oxygen atoms in total. The summed E-state index contributed by atoms with van der Waals surface area (Å²) in [6, 6.07) is 7.97. The number of nitro benzene ring substituents is 1. The minimum Gasteiger partial charge on any atom is -0.471 e. The van der Waals surface area contributed by atoms with Crippen LogP contribution in [0, 0.1) is 10.1 Å². The van der Waals surface area contributed by atoms with Gasteiger partial charge in [-0.15, -0.1) is 0 Å². The molecule has 3 rings (SSSR count). The zero-order valence-corrected chi connectivity index (χ0v) is 21.6. The van der Waals surface area contributed by atoms with Gasteiger partial charge < -0.3 is 9.47 Å². The van der Waals surface area contributed by atoms with E-state index in [9.17, 15) is 19.7 Å². The number of hydrogen-bond donors (Lipinski definition) is 0. The Hall–Kier alpha value is -3.12. The van der Waals surface area contributed by atoms with Gasteiger partial charge in [-0.3, -0.25) is 14.9 Å². The van der Waals surface area contributed by atoms with Crippen LogP contribution in [0.3, 0.4) is 0 Å². The van der Waals surface area contributed by atoms with Crippen molar-refractivity contribution in [3.05, 3.63) is 71.1 Å². The van der Waals surface area contributed by atoms with Gasteiger partial charge in [0.2, 0.25) is 5.75 Å². The molecule has 0 radical (unpaired) electrons. The van der Waals surface area contributed by atoms with Crippen molar-refractivity contribution in [1.29, 1.82) is 0 Å². The highest BCUT2D eigenvalue weighted by atomic mass is 79.9. The van der Waals surface area contributed by atoms with Gasteiger partial charge in [0.1, 0.15) is 5.82 Å². The van der Waals surface area contributed by atoms with Crippen molar-refractivity contribution >= 4 is 60.6 Å². The molecule has 0 aliphatic carbocycles. The molecule has 0 N–H and O–H groups in total. The number of aryl methyl sites for hydroxylation is 1. The van der Waals surface area contributed by atoms with Crippen LogP contribution in [0.15, 0.2) is 49.2 Å². The van der Waals surface area contributed by atoms with Gasteiger partial charge in [0.05, 0.1) is 33.1 Å². The van der Waals surface area contributed by atoms with Gasteiger partial charge in [-0.2, -0.15) is 9.78 Å². The summed E-state index contributed by atoms with van der Waals surface area (Å²) in [6.45, 7) is 5.09. The van der Waals surface area contributed by atoms with E-state index < -0.39 is 17.0 Å². The van der Waals surface area contributed by atoms with E-state index in [1.54, 1.807) is 25.1 Å². The quantitative estimate of drug-likeness (QED) is 0.161. The van der Waals surface area contributed by atoms with Crippen molar-refractivity contribution in [3.8, 4) is 5.75 Å². The molecule has 2 aromatic carbocycles. The SMILES string of the molecule is CCOC(=O)[C@@H](C)Oc1c(Br)cc(C=Nn2c(CC)nc3ccc(Br)cc3c2=O)cc1[N+](=O)[O-]. The van der Waals surface area contributed by atoms with Gasteiger partial charge in [0.15, 0.2) is 6.10 Å². The van der Waals surface area contributed by atoms with Crippen LogP contribution < -0.4 is 10.3 Å². The highest BCUT2D eigenvalue weighted by molar-refractivity contribution is 9.10. The first-order valence-corrected chi connectivity index (χ1v) is 11.8. The van der Waals surface area contributed by atoms with Crippen LogP contribution in [0.4, 0.5) is 5.69 Å². The Labute approximate surface area is 211 Å². The molecule has 0 bridgehead atoms. The van der Waals surface area contributed by atoms with Crippen LogP contribution >= 0.6 is 31.9 Å². The van der Waals surface area contributed by atoms with Gasteiger partial charge in [0.25, 0.3) is 5.56 Å². The fourth-order valence-corrected chi connectivity index (χ4v) is 4.00. The molecule has 1 atom stereocenters. The molecular formula is C22H20Br2N4O6. The molecule has 0 amide bonds. The fraction of sp³-hybridized carbons (Fsp3) is 0.273. The second-order valence-corrected chi connectivity index (χ2v) is 8.79. The first-order valence-electron chi connectivity index (χ1n) is 10.2. The van der Waals surface area contributed by atoms with E-state index in [1.807, 2.05) is 6.92 Å². The fourth-order valence-electron chi connectivity index (χ4n) is 3.08. The number of carbonyl (C=O) groups is 1. The number of fused-ring (bicyclic) bond motifs is 1. The third-order valence-corrected chi connectivity index (χ3v) is 5.75. The average molecular weight is 596 g/mol. The number of aromatic nitrogens is 2. The zero-order chi connectivity index (χ0) is 25.0. The maximum absolute atomic E-state index is 13.0. The zero-order valence-electron chi connectivity index (χ0n) is 18.4. The van der Waals surface area contributed by atoms with E-state index in [-0.39, 0.29) is 28.1 Å². The lowest BCUT2D eigenvalue weighted by Gasteiger charge is -2.15. The molecule has 12 heteroatoms. The summed E-state index contributed by atoms with van der Waals surface area (Å²) in [6.07, 6.45) is 0.715. The molecule has 1 heterocycles. The lowest BCUT2D eigenvalue weighted by Crippen LogP contribution is -2.26. The number of esters is 1. The van der Waals surface area contributed by atoms with E-state index in [4.69, 9.17) is 9.47 Å². The molecular weight excluding hydrogens is 576 g/mol. The molecule has 0 fully saturated rings. The predicted octanol–water partition coefficient (Wildman–Crippen LogP) is 4.60. The Kier molecular flexibility index (Phi) is 8.15. The summed E-state index contributed by atoms with van der Waals surface area (Å²) in [5.74, 6) is -0.324. The first kappa shape index (κ1) is 25.5. The van der Waals surface area contributed by atoms with Crippen molar-refractivity contribution < 1.29 is 19.2 Å². The lowest BCUT2D eigenvalue weighted by atomic mass is 10.2. The monoisotopic (exact) mass is 594 g/mol. The van der Waals surface area contributed by atoms with Crippen LogP contribution in [-0.4, -0.2) is 39.5 Å². The van der Waals surface area contributed by atoms with E-state index in [1.165, 1.54) is 29.9 Å². The summed E-state index contributed by atoms with van der Waals surface area (Å²) < 4.78 is 12.5. The highest BCUT2D eigenvalue weighted by Crippen LogP contribution is 2.37. The Morgan fingerprint density at radius 2 is 2.03 bits per heavy atom. The number of halogens is 2. The van der Waals surface area contributed by atoms with Crippen LogP contribution in [0.1, 0.15) is 32.2 Å². The Balaban J connectivity index is 2.03. The minimum atomic E-state index is -1.05. The van der Waals surface area contributed by atoms with Crippen LogP contribution in [-0.2, 0) is 16.0 Å². The van der Waals surface area contributed by atoms with Crippen molar-refractivity contribution in [2.75, 3.05) is 6.61 Å². The second-order valence-electron chi connectivity index (χ2n) is 7.02. The van der Waals surface area contributed by atoms with Gasteiger partial charge in [-0.05, 0) is 54.0 Å². The van der Waals surface area contributed by atoms with E-state index in [0.29, 0.717) is 28.7 Å². The van der Waals surface area contributed by atoms with Crippen molar-refractivity contribution in [2.24, 2.45) is 5.10 Å². The largest absolute Gasteiger partial charge is 0.471 e. The standard InChI is InChI=1S/C22H20Br2N4O6/c1-4-19-26-17-7-6-14(23)10-15(17)21(29)27(19)25-11-13-8-16(24)20(18(9-13)28(31)32)34-12(3)22(30)33-5-2/h6-12H,4-5H2,1-3H3/t12-/m1/s1. The third-order valence-electron chi connectivity index (χ3n) is 4.67. The topological polar surface area (TPSA) is 126 Å². The average Bonchev–Trinajstić information content (AvgIpc) is 2.79. The molecule has 0 unspecified atom stereocenters. The maximum atomic E-state index is 13.0. The molecule has 178 valence electrons. The third kappa shape index (κ3) is 5.50. The van der Waals surface area contributed by atoms with Gasteiger partial charge in [-0.25, -0.2) is 9.78 Å². The normalized spacial score (nSPS) is 12.1. The van der Waals surface area contributed by atoms with Gasteiger partial charge in [0, 0.05) is 22.5 Å². The van der Waals surface area contributed by atoms with Crippen LogP contribution in [0.25, 0.3) is 10.9 Å². The molecule has 1 aromatic heterocycles. The predicted molar refractivity (Wildman–Crippen MR) is 134 cm³/mol. The van der Waals surface area contributed by atoms with E-state index in [2.05, 4.69) is 41.9 Å². The summed E-state index contributed by atoms with van der Waals surface area (Å²) in [5, 5.41) is 16.3. The number of benzene rings is 2. The molecule has 0 saturated carbocycles. The Morgan fingerprint density at radius 3 is 2.68 bits per heavy atom. The minimum absolute atomic E-state index is 0.119.